The van der Waals surface area contributed by atoms with Crippen molar-refractivity contribution in [2.75, 3.05) is 38.3 Å². The zero-order valence-corrected chi connectivity index (χ0v) is 17.6. The van der Waals surface area contributed by atoms with E-state index in [0.29, 0.717) is 10.8 Å². The summed E-state index contributed by atoms with van der Waals surface area (Å²) in [6.45, 7) is 3.15. The lowest BCUT2D eigenvalue weighted by atomic mass is 10.1. The van der Waals surface area contributed by atoms with Gasteiger partial charge in [0.05, 0.1) is 20.3 Å². The second-order valence-corrected chi connectivity index (χ2v) is 8.16. The largest absolute Gasteiger partial charge is 0.497 e. The lowest BCUT2D eigenvalue weighted by Gasteiger charge is -2.29. The smallest absolute Gasteiger partial charge is 0.135 e. The molecule has 0 aliphatic carbocycles. The third-order valence-corrected chi connectivity index (χ3v) is 5.85. The maximum atomic E-state index is 8.26. The van der Waals surface area contributed by atoms with Crippen LogP contribution in [0.25, 0.3) is 0 Å². The monoisotopic (exact) mass is 420 g/mol. The fourth-order valence-corrected chi connectivity index (χ4v) is 4.07. The summed E-state index contributed by atoms with van der Waals surface area (Å²) < 4.78 is 18.2. The molecule has 1 aliphatic rings. The van der Waals surface area contributed by atoms with Gasteiger partial charge in [-0.05, 0) is 36.4 Å². The van der Waals surface area contributed by atoms with Crippen LogP contribution in [0.4, 0.5) is 5.69 Å². The number of rotatable bonds is 7. The van der Waals surface area contributed by atoms with Gasteiger partial charge in [-0.15, -0.1) is 0 Å². The van der Waals surface area contributed by atoms with Gasteiger partial charge in [0.1, 0.15) is 25.4 Å². The van der Waals surface area contributed by atoms with Gasteiger partial charge in [0, 0.05) is 40.4 Å². The lowest BCUT2D eigenvalue weighted by Crippen LogP contribution is -2.36. The first-order valence-electron chi connectivity index (χ1n) is 8.44. The molecule has 1 fully saturated rings. The molecular formula is C19H21N2O3PS2. The summed E-state index contributed by atoms with van der Waals surface area (Å²) in [5, 5.41) is 9.70. The maximum Gasteiger partial charge on any atom is 0.135 e. The number of anilines is 1. The van der Waals surface area contributed by atoms with E-state index in [-0.39, 0.29) is 8.81 Å². The first-order valence-corrected chi connectivity index (χ1v) is 10.7. The Balaban J connectivity index is 1.81. The molecule has 0 radical (unpaired) electrons. The van der Waals surface area contributed by atoms with Crippen molar-refractivity contribution >= 4 is 53.5 Å². The van der Waals surface area contributed by atoms with Gasteiger partial charge in [-0.25, -0.2) is 0 Å². The van der Waals surface area contributed by atoms with E-state index in [4.69, 9.17) is 31.6 Å². The van der Waals surface area contributed by atoms with E-state index < -0.39 is 0 Å². The minimum atomic E-state index is 0.135. The van der Waals surface area contributed by atoms with Crippen LogP contribution < -0.4 is 19.5 Å². The van der Waals surface area contributed by atoms with Crippen LogP contribution in [0.3, 0.4) is 0 Å². The van der Waals surface area contributed by atoms with E-state index >= 15 is 0 Å². The molecule has 27 heavy (non-hydrogen) atoms. The summed E-state index contributed by atoms with van der Waals surface area (Å²) in [6, 6.07) is 13.8. The summed E-state index contributed by atoms with van der Waals surface area (Å²) >= 11 is 6.10. The van der Waals surface area contributed by atoms with Crippen molar-refractivity contribution in [3.63, 3.8) is 0 Å². The Morgan fingerprint density at radius 2 is 1.96 bits per heavy atom. The molecule has 5 nitrogen and oxygen atoms in total. The molecule has 0 spiro atoms. The van der Waals surface area contributed by atoms with Crippen LogP contribution in [0.5, 0.6) is 11.5 Å². The Bertz CT molecular complexity index is 796. The van der Waals surface area contributed by atoms with Crippen LogP contribution in [-0.4, -0.2) is 43.2 Å². The number of hydrogen-bond acceptors (Lipinski definition) is 7. The molecule has 8 heteroatoms. The van der Waals surface area contributed by atoms with E-state index in [1.165, 1.54) is 16.5 Å². The van der Waals surface area contributed by atoms with Gasteiger partial charge in [0.15, 0.2) is 0 Å². The molecular weight excluding hydrogens is 399 g/mol. The first-order chi connectivity index (χ1) is 13.2. The molecule has 0 amide bonds. The highest BCUT2D eigenvalue weighted by Gasteiger charge is 2.16. The number of benzene rings is 2. The van der Waals surface area contributed by atoms with E-state index in [1.807, 2.05) is 42.5 Å². The molecule has 1 atom stereocenters. The minimum absolute atomic E-state index is 0.135. The van der Waals surface area contributed by atoms with Crippen molar-refractivity contribution in [1.82, 2.24) is 0 Å². The molecule has 3 rings (SSSR count). The normalized spacial score (nSPS) is 14.3. The van der Waals surface area contributed by atoms with Gasteiger partial charge in [-0.1, -0.05) is 24.0 Å². The highest BCUT2D eigenvalue weighted by atomic mass is 32.2. The third kappa shape index (κ3) is 5.42. The average molecular weight is 420 g/mol. The number of methoxy groups -OCH3 is 1. The van der Waals surface area contributed by atoms with Gasteiger partial charge >= 0.3 is 0 Å². The number of thioether (sulfide) groups is 1. The molecule has 1 unspecified atom stereocenters. The van der Waals surface area contributed by atoms with E-state index in [2.05, 4.69) is 4.90 Å². The van der Waals surface area contributed by atoms with Gasteiger partial charge < -0.3 is 18.9 Å². The van der Waals surface area contributed by atoms with Crippen LogP contribution in [-0.2, 0) is 4.74 Å². The second kappa shape index (κ2) is 10.0. The molecule has 1 heterocycles. The predicted octanol–water partition coefficient (Wildman–Crippen LogP) is 3.85. The van der Waals surface area contributed by atoms with Crippen molar-refractivity contribution < 1.29 is 14.0 Å². The summed E-state index contributed by atoms with van der Waals surface area (Å²) in [7, 11) is 1.78. The Morgan fingerprint density at radius 1 is 1.22 bits per heavy atom. The van der Waals surface area contributed by atoms with Gasteiger partial charge in [0.2, 0.25) is 0 Å². The van der Waals surface area contributed by atoms with Crippen LogP contribution in [0.15, 0.2) is 42.5 Å². The summed E-state index contributed by atoms with van der Waals surface area (Å²) in [5.41, 5.74) is 1.83. The third-order valence-electron chi connectivity index (χ3n) is 4.12. The summed E-state index contributed by atoms with van der Waals surface area (Å²) in [5.74, 6) is 1.51. The van der Waals surface area contributed by atoms with Crippen molar-refractivity contribution in [2.24, 2.45) is 0 Å². The lowest BCUT2D eigenvalue weighted by molar-refractivity contribution is 0.122. The molecule has 1 N–H and O–H groups in total. The van der Waals surface area contributed by atoms with Crippen molar-refractivity contribution in [2.45, 2.75) is 0 Å². The van der Waals surface area contributed by atoms with Crippen LogP contribution in [0.2, 0.25) is 0 Å². The topological polar surface area (TPSA) is 54.8 Å². The Morgan fingerprint density at radius 3 is 2.63 bits per heavy atom. The number of nitrogens with one attached hydrogen (secondary N) is 1. The molecule has 1 aliphatic heterocycles. The summed E-state index contributed by atoms with van der Waals surface area (Å²) in [6.07, 6.45) is 0. The first kappa shape index (κ1) is 20.1. The zero-order valence-electron chi connectivity index (χ0n) is 14.9. The van der Waals surface area contributed by atoms with Gasteiger partial charge in [-0.3, -0.25) is 5.41 Å². The molecule has 0 saturated carbocycles. The Hall–Kier alpha value is -1.66. The van der Waals surface area contributed by atoms with E-state index in [9.17, 15) is 0 Å². The number of thiocarbonyl (C=S) groups is 1. The second-order valence-electron chi connectivity index (χ2n) is 5.76. The van der Waals surface area contributed by atoms with Crippen LogP contribution in [0, 0.1) is 5.41 Å². The Kier molecular flexibility index (Phi) is 7.47. The molecule has 2 aromatic rings. The predicted molar refractivity (Wildman–Crippen MR) is 119 cm³/mol. The van der Waals surface area contributed by atoms with E-state index in [0.717, 1.165) is 48.6 Å². The van der Waals surface area contributed by atoms with Crippen molar-refractivity contribution in [3.8, 4) is 11.5 Å². The highest BCUT2D eigenvalue weighted by Crippen LogP contribution is 2.32. The quantitative estimate of drug-likeness (QED) is 0.318. The SMILES string of the molecule is COc1ccc(POc2cc(N3CCOCC3)ccc2C(=N)SC=S)cc1. The number of nitrogens with zero attached hydrogens (tertiary/aromatic N) is 1. The Labute approximate surface area is 170 Å². The minimum Gasteiger partial charge on any atom is -0.497 e. The molecule has 0 aromatic heterocycles. The van der Waals surface area contributed by atoms with Gasteiger partial charge in [-0.2, -0.15) is 0 Å². The average Bonchev–Trinajstić information content (AvgIpc) is 2.73. The number of ether oxygens (including phenoxy) is 2. The van der Waals surface area contributed by atoms with Gasteiger partial charge in [0.25, 0.3) is 0 Å². The summed E-state index contributed by atoms with van der Waals surface area (Å²) in [4.78, 5) is 2.27. The van der Waals surface area contributed by atoms with Crippen molar-refractivity contribution in [1.29, 1.82) is 5.41 Å². The fourth-order valence-electron chi connectivity index (χ4n) is 2.69. The number of hydrogen-bond donors (Lipinski definition) is 1. The van der Waals surface area contributed by atoms with Crippen LogP contribution in [0.1, 0.15) is 5.56 Å². The molecule has 2 aromatic carbocycles. The van der Waals surface area contributed by atoms with E-state index in [1.54, 1.807) is 7.11 Å². The fraction of sp³-hybridized carbons (Fsp3) is 0.263. The molecule has 1 saturated heterocycles. The molecule has 142 valence electrons. The van der Waals surface area contributed by atoms with Crippen LogP contribution >= 0.6 is 32.8 Å². The maximum absolute atomic E-state index is 8.26. The van der Waals surface area contributed by atoms with Crippen molar-refractivity contribution in [3.05, 3.63) is 48.0 Å². The molecule has 0 bridgehead atoms. The number of morpholine rings is 1. The standard InChI is InChI=1S/C19H21N2O3PS2/c1-22-15-3-5-16(6-4-15)25-24-18-12-14(21-8-10-23-11-9-21)2-7-17(18)19(20)27-13-26/h2-7,12-13,20,25H,8-11H2,1H3. The highest BCUT2D eigenvalue weighted by molar-refractivity contribution is 8.31. The zero-order chi connectivity index (χ0) is 19.1.